The van der Waals surface area contributed by atoms with Crippen LogP contribution >= 0.6 is 0 Å². The molecule has 1 aliphatic carbocycles. The SMILES string of the molecule is COc1ccc(/C(C)=N/O)c(OC2CC(C)CC(C)C2)c1. The summed E-state index contributed by atoms with van der Waals surface area (Å²) in [4.78, 5) is 0. The fourth-order valence-corrected chi connectivity index (χ4v) is 3.23. The molecule has 1 saturated carbocycles. The van der Waals surface area contributed by atoms with Crippen molar-refractivity contribution in [3.63, 3.8) is 0 Å². The normalized spacial score (nSPS) is 26.5. The molecule has 1 aromatic rings. The van der Waals surface area contributed by atoms with Crippen molar-refractivity contribution in [3.8, 4) is 11.5 Å². The first-order valence-electron chi connectivity index (χ1n) is 7.57. The van der Waals surface area contributed by atoms with E-state index >= 15 is 0 Å². The van der Waals surface area contributed by atoms with Gasteiger partial charge in [0.2, 0.25) is 0 Å². The van der Waals surface area contributed by atoms with Gasteiger partial charge in [0, 0.05) is 11.6 Å². The van der Waals surface area contributed by atoms with Gasteiger partial charge in [-0.25, -0.2) is 0 Å². The lowest BCUT2D eigenvalue weighted by Crippen LogP contribution is -2.29. The second-order valence-electron chi connectivity index (χ2n) is 6.20. The Bertz CT molecular complexity index is 503. The average Bonchev–Trinajstić information content (AvgIpc) is 2.45. The Kier molecular flexibility index (Phi) is 5.10. The van der Waals surface area contributed by atoms with Gasteiger partial charge in [0.1, 0.15) is 11.5 Å². The van der Waals surface area contributed by atoms with Crippen LogP contribution in [0.5, 0.6) is 11.5 Å². The highest BCUT2D eigenvalue weighted by Gasteiger charge is 2.26. The van der Waals surface area contributed by atoms with Crippen LogP contribution in [0.15, 0.2) is 23.4 Å². The quantitative estimate of drug-likeness (QED) is 0.516. The minimum atomic E-state index is 0.209. The highest BCUT2D eigenvalue weighted by atomic mass is 16.5. The number of hydrogen-bond acceptors (Lipinski definition) is 4. The summed E-state index contributed by atoms with van der Waals surface area (Å²) in [7, 11) is 1.64. The zero-order valence-corrected chi connectivity index (χ0v) is 13.3. The molecule has 2 atom stereocenters. The summed E-state index contributed by atoms with van der Waals surface area (Å²) in [6.45, 7) is 6.32. The minimum Gasteiger partial charge on any atom is -0.497 e. The number of ether oxygens (including phenoxy) is 2. The summed E-state index contributed by atoms with van der Waals surface area (Å²) in [6.07, 6.45) is 3.61. The summed E-state index contributed by atoms with van der Waals surface area (Å²) in [5.74, 6) is 2.84. The van der Waals surface area contributed by atoms with Crippen molar-refractivity contribution >= 4 is 5.71 Å². The first-order chi connectivity index (χ1) is 10.0. The molecule has 116 valence electrons. The van der Waals surface area contributed by atoms with Crippen LogP contribution in [-0.4, -0.2) is 24.1 Å². The number of rotatable bonds is 4. The van der Waals surface area contributed by atoms with E-state index in [0.29, 0.717) is 17.5 Å². The molecule has 2 rings (SSSR count). The summed E-state index contributed by atoms with van der Waals surface area (Å²) in [5, 5.41) is 12.3. The largest absolute Gasteiger partial charge is 0.497 e. The van der Waals surface area contributed by atoms with Crippen molar-refractivity contribution < 1.29 is 14.7 Å². The van der Waals surface area contributed by atoms with E-state index < -0.39 is 0 Å². The van der Waals surface area contributed by atoms with Gasteiger partial charge in [-0.3, -0.25) is 0 Å². The molecule has 0 heterocycles. The maximum absolute atomic E-state index is 9.03. The summed E-state index contributed by atoms with van der Waals surface area (Å²) in [6, 6.07) is 5.59. The van der Waals surface area contributed by atoms with Crippen LogP contribution in [0.4, 0.5) is 0 Å². The molecule has 1 aromatic carbocycles. The third-order valence-corrected chi connectivity index (χ3v) is 4.16. The van der Waals surface area contributed by atoms with Gasteiger partial charge in [-0.05, 0) is 50.2 Å². The molecule has 0 aromatic heterocycles. The first kappa shape index (κ1) is 15.7. The van der Waals surface area contributed by atoms with Gasteiger partial charge in [-0.15, -0.1) is 0 Å². The van der Waals surface area contributed by atoms with Gasteiger partial charge in [0.15, 0.2) is 0 Å². The van der Waals surface area contributed by atoms with E-state index in [9.17, 15) is 0 Å². The summed E-state index contributed by atoms with van der Waals surface area (Å²) < 4.78 is 11.5. The van der Waals surface area contributed by atoms with Crippen LogP contribution in [0, 0.1) is 11.8 Å². The number of benzene rings is 1. The topological polar surface area (TPSA) is 51.0 Å². The smallest absolute Gasteiger partial charge is 0.132 e. The van der Waals surface area contributed by atoms with Crippen molar-refractivity contribution in [2.45, 2.75) is 46.1 Å². The second kappa shape index (κ2) is 6.83. The number of hydrogen-bond donors (Lipinski definition) is 1. The predicted octanol–water partition coefficient (Wildman–Crippen LogP) is 4.10. The van der Waals surface area contributed by atoms with E-state index in [1.165, 1.54) is 6.42 Å². The van der Waals surface area contributed by atoms with Gasteiger partial charge in [0.05, 0.1) is 18.9 Å². The van der Waals surface area contributed by atoms with Crippen LogP contribution in [0.25, 0.3) is 0 Å². The van der Waals surface area contributed by atoms with Crippen molar-refractivity contribution in [2.24, 2.45) is 17.0 Å². The van der Waals surface area contributed by atoms with Gasteiger partial charge in [-0.2, -0.15) is 0 Å². The molecule has 0 bridgehead atoms. The van der Waals surface area contributed by atoms with Gasteiger partial charge >= 0.3 is 0 Å². The van der Waals surface area contributed by atoms with Crippen molar-refractivity contribution in [2.75, 3.05) is 7.11 Å². The molecule has 0 saturated heterocycles. The van der Waals surface area contributed by atoms with E-state index in [2.05, 4.69) is 19.0 Å². The zero-order chi connectivity index (χ0) is 15.4. The molecule has 0 aliphatic heterocycles. The lowest BCUT2D eigenvalue weighted by molar-refractivity contribution is 0.101. The van der Waals surface area contributed by atoms with E-state index in [-0.39, 0.29) is 6.10 Å². The van der Waals surface area contributed by atoms with Crippen molar-refractivity contribution in [1.29, 1.82) is 0 Å². The minimum absolute atomic E-state index is 0.209. The molecule has 0 amide bonds. The van der Waals surface area contributed by atoms with Crippen LogP contribution in [-0.2, 0) is 0 Å². The van der Waals surface area contributed by atoms with E-state index in [1.54, 1.807) is 14.0 Å². The molecular formula is C17H25NO3. The number of nitrogens with zero attached hydrogens (tertiary/aromatic N) is 1. The van der Waals surface area contributed by atoms with E-state index in [1.807, 2.05) is 18.2 Å². The molecule has 1 N–H and O–H groups in total. The standard InChI is InChI=1S/C17H25NO3/c1-11-7-12(2)9-15(8-11)21-17-10-14(20-4)5-6-16(17)13(3)18-19/h5-6,10-12,15,19H,7-9H2,1-4H3/b18-13+. The Labute approximate surface area is 126 Å². The Morgan fingerprint density at radius 2 is 1.86 bits per heavy atom. The first-order valence-corrected chi connectivity index (χ1v) is 7.57. The molecule has 4 heteroatoms. The molecular weight excluding hydrogens is 266 g/mol. The monoisotopic (exact) mass is 291 g/mol. The average molecular weight is 291 g/mol. The van der Waals surface area contributed by atoms with E-state index in [0.717, 1.165) is 29.9 Å². The van der Waals surface area contributed by atoms with E-state index in [4.69, 9.17) is 14.7 Å². The third kappa shape index (κ3) is 3.90. The van der Waals surface area contributed by atoms with Gasteiger partial charge < -0.3 is 14.7 Å². The molecule has 0 radical (unpaired) electrons. The highest BCUT2D eigenvalue weighted by molar-refractivity contribution is 6.00. The maximum atomic E-state index is 9.03. The lowest BCUT2D eigenvalue weighted by Gasteiger charge is -2.32. The summed E-state index contributed by atoms with van der Waals surface area (Å²) >= 11 is 0. The summed E-state index contributed by atoms with van der Waals surface area (Å²) in [5.41, 5.74) is 1.36. The van der Waals surface area contributed by atoms with Crippen molar-refractivity contribution in [3.05, 3.63) is 23.8 Å². The third-order valence-electron chi connectivity index (χ3n) is 4.16. The fraction of sp³-hybridized carbons (Fsp3) is 0.588. The molecule has 1 aliphatic rings. The number of oxime groups is 1. The zero-order valence-electron chi connectivity index (χ0n) is 13.3. The van der Waals surface area contributed by atoms with Crippen LogP contribution < -0.4 is 9.47 Å². The molecule has 21 heavy (non-hydrogen) atoms. The van der Waals surface area contributed by atoms with Crippen molar-refractivity contribution in [1.82, 2.24) is 0 Å². The predicted molar refractivity (Wildman–Crippen MR) is 83.6 cm³/mol. The Hall–Kier alpha value is -1.71. The Morgan fingerprint density at radius 1 is 1.19 bits per heavy atom. The second-order valence-corrected chi connectivity index (χ2v) is 6.20. The van der Waals surface area contributed by atoms with Crippen LogP contribution in [0.2, 0.25) is 0 Å². The molecule has 2 unspecified atom stereocenters. The van der Waals surface area contributed by atoms with Gasteiger partial charge in [-0.1, -0.05) is 19.0 Å². The highest BCUT2D eigenvalue weighted by Crippen LogP contribution is 2.33. The van der Waals surface area contributed by atoms with Crippen LogP contribution in [0.1, 0.15) is 45.6 Å². The lowest BCUT2D eigenvalue weighted by atomic mass is 9.82. The fourth-order valence-electron chi connectivity index (χ4n) is 3.23. The maximum Gasteiger partial charge on any atom is 0.132 e. The number of methoxy groups -OCH3 is 1. The molecule has 4 nitrogen and oxygen atoms in total. The van der Waals surface area contributed by atoms with Gasteiger partial charge in [0.25, 0.3) is 0 Å². The van der Waals surface area contributed by atoms with Crippen LogP contribution in [0.3, 0.4) is 0 Å². The molecule has 1 fully saturated rings. The Balaban J connectivity index is 2.24. The molecule has 0 spiro atoms. The Morgan fingerprint density at radius 3 is 2.43 bits per heavy atom.